The Morgan fingerprint density at radius 1 is 1.18 bits per heavy atom. The Kier molecular flexibility index (Phi) is 6.31. The van der Waals surface area contributed by atoms with E-state index in [0.29, 0.717) is 23.4 Å². The Bertz CT molecular complexity index is 1170. The van der Waals surface area contributed by atoms with Crippen LogP contribution in [0.3, 0.4) is 0 Å². The van der Waals surface area contributed by atoms with Crippen molar-refractivity contribution in [3.63, 3.8) is 0 Å². The zero-order chi connectivity index (χ0) is 23.7. The molecule has 1 aliphatic heterocycles. The van der Waals surface area contributed by atoms with Gasteiger partial charge in [0.05, 0.1) is 34.9 Å². The van der Waals surface area contributed by atoms with E-state index in [4.69, 9.17) is 10.7 Å². The maximum Gasteiger partial charge on any atom is 0.256 e. The fourth-order valence-corrected chi connectivity index (χ4v) is 4.16. The minimum atomic E-state index is -0.270. The monoisotopic (exact) mass is 449 g/mol. The number of fused-ring (bicyclic) bond motifs is 1. The molecule has 174 valence electrons. The lowest BCUT2D eigenvalue weighted by Crippen LogP contribution is -2.41. The first-order valence-electron chi connectivity index (χ1n) is 11.4. The molecule has 0 aliphatic carbocycles. The van der Waals surface area contributed by atoms with Crippen LogP contribution in [-0.2, 0) is 4.79 Å². The number of rotatable bonds is 6. The predicted molar refractivity (Wildman–Crippen MR) is 128 cm³/mol. The summed E-state index contributed by atoms with van der Waals surface area (Å²) >= 11 is 0. The molecule has 9 nitrogen and oxygen atoms in total. The van der Waals surface area contributed by atoms with Crippen molar-refractivity contribution >= 4 is 34.4 Å². The van der Waals surface area contributed by atoms with E-state index in [1.165, 1.54) is 0 Å². The van der Waals surface area contributed by atoms with Crippen LogP contribution in [0.2, 0.25) is 0 Å². The number of pyridine rings is 2. The molecule has 3 aromatic rings. The third kappa shape index (κ3) is 4.67. The molecular weight excluding hydrogens is 418 g/mol. The van der Waals surface area contributed by atoms with Gasteiger partial charge in [0, 0.05) is 24.8 Å². The summed E-state index contributed by atoms with van der Waals surface area (Å²) in [4.78, 5) is 36.1. The second-order valence-electron chi connectivity index (χ2n) is 9.22. The Morgan fingerprint density at radius 2 is 1.97 bits per heavy atom. The fraction of sp³-hybridized carbons (Fsp3) is 0.458. The molecule has 4 rings (SSSR count). The number of primary amides is 1. The molecule has 2 amide bonds. The number of carbonyl (C=O) groups is 2. The average Bonchev–Trinajstić information content (AvgIpc) is 3.23. The normalized spacial score (nSPS) is 16.5. The highest BCUT2D eigenvalue weighted by Gasteiger charge is 2.25. The number of aromatic nitrogens is 4. The molecule has 33 heavy (non-hydrogen) atoms. The van der Waals surface area contributed by atoms with Crippen molar-refractivity contribution in [2.75, 3.05) is 23.3 Å². The lowest BCUT2D eigenvalue weighted by Gasteiger charge is -2.32. The number of carbonyl (C=O) groups excluding carboxylic acids is 2. The summed E-state index contributed by atoms with van der Waals surface area (Å²) < 4.78 is 1.84. The van der Waals surface area contributed by atoms with E-state index in [1.807, 2.05) is 36.7 Å². The largest absolute Gasteiger partial charge is 0.369 e. The van der Waals surface area contributed by atoms with Crippen molar-refractivity contribution in [3.8, 4) is 0 Å². The molecule has 1 aliphatic rings. The highest BCUT2D eigenvalue weighted by atomic mass is 16.2. The lowest BCUT2D eigenvalue weighted by molar-refractivity contribution is -0.122. The Hall–Kier alpha value is -3.49. The maximum atomic E-state index is 13.2. The Balaban J connectivity index is 1.56. The third-order valence-electron chi connectivity index (χ3n) is 6.07. The lowest BCUT2D eigenvalue weighted by atomic mass is 9.97. The molecule has 3 N–H and O–H groups in total. The predicted octanol–water partition coefficient (Wildman–Crippen LogP) is 3.48. The van der Waals surface area contributed by atoms with Gasteiger partial charge in [0.1, 0.15) is 5.82 Å². The van der Waals surface area contributed by atoms with Crippen molar-refractivity contribution in [2.24, 2.45) is 11.7 Å². The van der Waals surface area contributed by atoms with E-state index in [9.17, 15) is 9.59 Å². The van der Waals surface area contributed by atoms with Crippen LogP contribution in [0.5, 0.6) is 0 Å². The van der Waals surface area contributed by atoms with Crippen LogP contribution in [0.15, 0.2) is 30.6 Å². The standard InChI is InChI=1S/C24H31N7O2/c1-14(2)20-10-18(19-12-27-31(15(3)4)23(19)29-20)24(33)28-17-7-8-21(26-11-17)30-9-5-6-16(13-30)22(25)32/h7-8,10-12,14-16H,5-6,9,13H2,1-4H3,(H2,25,32)(H,28,33). The van der Waals surface area contributed by atoms with Crippen LogP contribution < -0.4 is 16.0 Å². The van der Waals surface area contributed by atoms with Gasteiger partial charge in [-0.2, -0.15) is 5.10 Å². The zero-order valence-electron chi connectivity index (χ0n) is 19.6. The van der Waals surface area contributed by atoms with E-state index >= 15 is 0 Å². The average molecular weight is 450 g/mol. The van der Waals surface area contributed by atoms with E-state index in [-0.39, 0.29) is 29.7 Å². The van der Waals surface area contributed by atoms with Crippen LogP contribution in [0.4, 0.5) is 11.5 Å². The minimum Gasteiger partial charge on any atom is -0.369 e. The smallest absolute Gasteiger partial charge is 0.256 e. The van der Waals surface area contributed by atoms with E-state index in [1.54, 1.807) is 12.4 Å². The molecule has 0 radical (unpaired) electrons. The van der Waals surface area contributed by atoms with Crippen LogP contribution >= 0.6 is 0 Å². The molecule has 1 fully saturated rings. The fourth-order valence-electron chi connectivity index (χ4n) is 4.16. The molecule has 4 heterocycles. The van der Waals surface area contributed by atoms with Gasteiger partial charge >= 0.3 is 0 Å². The first kappa shape index (κ1) is 22.7. The summed E-state index contributed by atoms with van der Waals surface area (Å²) in [6, 6.07) is 5.66. The number of anilines is 2. The molecule has 9 heteroatoms. The van der Waals surface area contributed by atoms with Gasteiger partial charge in [0.25, 0.3) is 5.91 Å². The summed E-state index contributed by atoms with van der Waals surface area (Å²) in [7, 11) is 0. The van der Waals surface area contributed by atoms with Crippen LogP contribution in [0, 0.1) is 5.92 Å². The Morgan fingerprint density at radius 3 is 2.61 bits per heavy atom. The van der Waals surface area contributed by atoms with Gasteiger partial charge in [0.2, 0.25) is 5.91 Å². The summed E-state index contributed by atoms with van der Waals surface area (Å²) in [5, 5.41) is 8.13. The molecule has 0 saturated carbocycles. The van der Waals surface area contributed by atoms with Gasteiger partial charge in [-0.25, -0.2) is 14.6 Å². The number of nitrogens with one attached hydrogen (secondary N) is 1. The number of hydrogen-bond acceptors (Lipinski definition) is 6. The molecule has 0 spiro atoms. The second kappa shape index (κ2) is 9.17. The molecule has 1 saturated heterocycles. The minimum absolute atomic E-state index is 0.133. The molecule has 0 bridgehead atoms. The molecule has 0 aromatic carbocycles. The number of nitrogens with zero attached hydrogens (tertiary/aromatic N) is 5. The third-order valence-corrected chi connectivity index (χ3v) is 6.07. The summed E-state index contributed by atoms with van der Waals surface area (Å²) in [5.41, 5.74) is 8.18. The molecule has 1 unspecified atom stereocenters. The van der Waals surface area contributed by atoms with Crippen molar-refractivity contribution in [3.05, 3.63) is 41.9 Å². The van der Waals surface area contributed by atoms with E-state index < -0.39 is 0 Å². The first-order chi connectivity index (χ1) is 15.7. The maximum absolute atomic E-state index is 13.2. The highest BCUT2D eigenvalue weighted by Crippen LogP contribution is 2.26. The molecular formula is C24H31N7O2. The van der Waals surface area contributed by atoms with Gasteiger partial charge in [-0.15, -0.1) is 0 Å². The topological polar surface area (TPSA) is 119 Å². The van der Waals surface area contributed by atoms with Crippen molar-refractivity contribution in [1.82, 2.24) is 19.7 Å². The zero-order valence-corrected chi connectivity index (χ0v) is 19.6. The summed E-state index contributed by atoms with van der Waals surface area (Å²) in [5.74, 6) is 0.287. The Labute approximate surface area is 193 Å². The van der Waals surface area contributed by atoms with E-state index in [0.717, 1.165) is 36.3 Å². The number of amides is 2. The SMILES string of the molecule is CC(C)c1cc(C(=O)Nc2ccc(N3CCCC(C(N)=O)C3)nc2)c2cnn(C(C)C)c2n1. The van der Waals surface area contributed by atoms with Crippen molar-refractivity contribution in [1.29, 1.82) is 0 Å². The van der Waals surface area contributed by atoms with Crippen LogP contribution in [-0.4, -0.2) is 44.7 Å². The highest BCUT2D eigenvalue weighted by molar-refractivity contribution is 6.12. The van der Waals surface area contributed by atoms with Gasteiger partial charge in [-0.3, -0.25) is 9.59 Å². The van der Waals surface area contributed by atoms with Crippen LogP contribution in [0.25, 0.3) is 11.0 Å². The number of piperidine rings is 1. The molecule has 3 aromatic heterocycles. The van der Waals surface area contributed by atoms with Crippen LogP contribution in [0.1, 0.15) is 68.5 Å². The summed E-state index contributed by atoms with van der Waals surface area (Å²) in [6.45, 7) is 9.58. The quantitative estimate of drug-likeness (QED) is 0.595. The molecule has 1 atom stereocenters. The van der Waals surface area contributed by atoms with Gasteiger partial charge in [-0.05, 0) is 50.8 Å². The second-order valence-corrected chi connectivity index (χ2v) is 9.22. The van der Waals surface area contributed by atoms with Gasteiger partial charge < -0.3 is 16.0 Å². The van der Waals surface area contributed by atoms with Gasteiger partial charge in [-0.1, -0.05) is 13.8 Å². The number of nitrogens with two attached hydrogens (primary N) is 1. The van der Waals surface area contributed by atoms with Gasteiger partial charge in [0.15, 0.2) is 5.65 Å². The van der Waals surface area contributed by atoms with Crippen molar-refractivity contribution < 1.29 is 9.59 Å². The number of hydrogen-bond donors (Lipinski definition) is 2. The van der Waals surface area contributed by atoms with Crippen molar-refractivity contribution in [2.45, 2.75) is 52.5 Å². The van der Waals surface area contributed by atoms with E-state index in [2.05, 4.69) is 34.1 Å². The first-order valence-corrected chi connectivity index (χ1v) is 11.4. The summed E-state index contributed by atoms with van der Waals surface area (Å²) in [6.07, 6.45) is 5.05.